The van der Waals surface area contributed by atoms with Crippen molar-refractivity contribution in [2.45, 2.75) is 34.2 Å². The van der Waals surface area contributed by atoms with E-state index in [2.05, 4.69) is 16.2 Å². The topological polar surface area (TPSA) is 68.5 Å². The summed E-state index contributed by atoms with van der Waals surface area (Å²) in [6.07, 6.45) is 0. The molecule has 1 amide bonds. The lowest BCUT2D eigenvalue weighted by atomic mass is 10.1. The minimum absolute atomic E-state index is 0.0426. The molecule has 1 aromatic heterocycles. The van der Waals surface area contributed by atoms with Crippen molar-refractivity contribution in [2.24, 2.45) is 0 Å². The summed E-state index contributed by atoms with van der Waals surface area (Å²) in [6, 6.07) is 11.9. The van der Waals surface area contributed by atoms with E-state index in [0.29, 0.717) is 11.7 Å². The van der Waals surface area contributed by atoms with E-state index in [1.807, 2.05) is 58.0 Å². The number of likely N-dealkylation sites (N-methyl/N-ethyl adjacent to an activating group) is 1. The average molecular weight is 379 g/mol. The molecule has 0 N–H and O–H groups in total. The van der Waals surface area contributed by atoms with E-state index in [0.717, 1.165) is 33.6 Å². The maximum absolute atomic E-state index is 12.4. The van der Waals surface area contributed by atoms with Crippen LogP contribution < -0.4 is 4.74 Å². The van der Waals surface area contributed by atoms with Crippen molar-refractivity contribution in [3.63, 3.8) is 0 Å². The highest BCUT2D eigenvalue weighted by molar-refractivity contribution is 5.77. The molecule has 0 aliphatic carbocycles. The highest BCUT2D eigenvalue weighted by atomic mass is 16.5. The van der Waals surface area contributed by atoms with Gasteiger partial charge in [0.1, 0.15) is 5.75 Å². The number of aryl methyl sites for hydroxylation is 3. The van der Waals surface area contributed by atoms with E-state index in [1.54, 1.807) is 7.05 Å². The van der Waals surface area contributed by atoms with Gasteiger partial charge in [0.05, 0.1) is 6.54 Å². The van der Waals surface area contributed by atoms with Gasteiger partial charge in [-0.05, 0) is 56.5 Å². The zero-order valence-corrected chi connectivity index (χ0v) is 16.9. The minimum Gasteiger partial charge on any atom is -0.483 e. The van der Waals surface area contributed by atoms with Crippen LogP contribution in [-0.2, 0) is 11.3 Å². The van der Waals surface area contributed by atoms with E-state index in [4.69, 9.17) is 9.26 Å². The predicted octanol–water partition coefficient (Wildman–Crippen LogP) is 4.01. The van der Waals surface area contributed by atoms with Crippen molar-refractivity contribution in [2.75, 3.05) is 13.7 Å². The molecular weight excluding hydrogens is 354 g/mol. The van der Waals surface area contributed by atoms with Crippen LogP contribution in [0.15, 0.2) is 40.9 Å². The largest absolute Gasteiger partial charge is 0.483 e. The average Bonchev–Trinajstić information content (AvgIpc) is 3.11. The molecule has 0 bridgehead atoms. The molecule has 3 aromatic rings. The van der Waals surface area contributed by atoms with Crippen molar-refractivity contribution >= 4 is 5.91 Å². The SMILES string of the molecule is Cc1cccc(-c2noc(CN(C)C(=O)COc3cc(C)cc(C)c3C)n2)c1. The van der Waals surface area contributed by atoms with Crippen molar-refractivity contribution in [1.29, 1.82) is 0 Å². The monoisotopic (exact) mass is 379 g/mol. The fraction of sp³-hybridized carbons (Fsp3) is 0.318. The summed E-state index contributed by atoms with van der Waals surface area (Å²) < 4.78 is 11.0. The third-order valence-electron chi connectivity index (χ3n) is 4.66. The second-order valence-corrected chi connectivity index (χ2v) is 7.12. The number of hydrogen-bond donors (Lipinski definition) is 0. The lowest BCUT2D eigenvalue weighted by Gasteiger charge is -2.17. The zero-order valence-electron chi connectivity index (χ0n) is 16.9. The molecule has 28 heavy (non-hydrogen) atoms. The molecule has 2 aromatic carbocycles. The van der Waals surface area contributed by atoms with Crippen LogP contribution in [0.1, 0.15) is 28.1 Å². The van der Waals surface area contributed by atoms with Gasteiger partial charge < -0.3 is 14.2 Å². The van der Waals surface area contributed by atoms with Gasteiger partial charge in [0, 0.05) is 12.6 Å². The summed E-state index contributed by atoms with van der Waals surface area (Å²) >= 11 is 0. The van der Waals surface area contributed by atoms with Gasteiger partial charge in [0.2, 0.25) is 11.7 Å². The maximum atomic E-state index is 12.4. The zero-order chi connectivity index (χ0) is 20.3. The first-order valence-corrected chi connectivity index (χ1v) is 9.17. The molecule has 1 heterocycles. The standard InChI is InChI=1S/C22H25N3O3/c1-14-7-6-8-18(10-14)22-23-20(28-24-22)12-25(5)21(26)13-27-19-11-15(2)9-16(3)17(19)4/h6-11H,12-13H2,1-5H3. The van der Waals surface area contributed by atoms with E-state index in [-0.39, 0.29) is 19.1 Å². The van der Waals surface area contributed by atoms with E-state index in [9.17, 15) is 4.79 Å². The third kappa shape index (κ3) is 4.57. The molecule has 0 radical (unpaired) electrons. The number of benzene rings is 2. The van der Waals surface area contributed by atoms with Crippen LogP contribution in [-0.4, -0.2) is 34.6 Å². The lowest BCUT2D eigenvalue weighted by molar-refractivity contribution is -0.132. The smallest absolute Gasteiger partial charge is 0.260 e. The molecule has 6 heteroatoms. The Bertz CT molecular complexity index is 994. The first-order valence-electron chi connectivity index (χ1n) is 9.17. The summed E-state index contributed by atoms with van der Waals surface area (Å²) in [5.74, 6) is 1.48. The number of nitrogens with zero attached hydrogens (tertiary/aromatic N) is 3. The normalized spacial score (nSPS) is 10.8. The first kappa shape index (κ1) is 19.6. The Hall–Kier alpha value is -3.15. The first-order chi connectivity index (χ1) is 13.3. The molecule has 0 unspecified atom stereocenters. The minimum atomic E-state index is -0.158. The van der Waals surface area contributed by atoms with Gasteiger partial charge >= 0.3 is 0 Å². The number of rotatable bonds is 6. The molecule has 0 atom stereocenters. The van der Waals surface area contributed by atoms with Crippen LogP contribution in [0.3, 0.4) is 0 Å². The second kappa shape index (κ2) is 8.25. The van der Waals surface area contributed by atoms with Crippen LogP contribution in [0.2, 0.25) is 0 Å². The number of ether oxygens (including phenoxy) is 1. The number of amides is 1. The Morgan fingerprint density at radius 3 is 2.64 bits per heavy atom. The molecule has 146 valence electrons. The predicted molar refractivity (Wildman–Crippen MR) is 107 cm³/mol. The Labute approximate surface area is 165 Å². The van der Waals surface area contributed by atoms with E-state index in [1.165, 1.54) is 4.90 Å². The highest BCUT2D eigenvalue weighted by Gasteiger charge is 2.16. The second-order valence-electron chi connectivity index (χ2n) is 7.12. The number of carbonyl (C=O) groups excluding carboxylic acids is 1. The Balaban J connectivity index is 1.61. The van der Waals surface area contributed by atoms with Gasteiger partial charge in [0.25, 0.3) is 5.91 Å². The van der Waals surface area contributed by atoms with Crippen LogP contribution in [0.4, 0.5) is 0 Å². The summed E-state index contributed by atoms with van der Waals surface area (Å²) in [5, 5.41) is 4.01. The fourth-order valence-corrected chi connectivity index (χ4v) is 2.91. The summed E-state index contributed by atoms with van der Waals surface area (Å²) in [5.41, 5.74) is 5.30. The van der Waals surface area contributed by atoms with Gasteiger partial charge in [-0.1, -0.05) is 35.0 Å². The molecule has 0 aliphatic rings. The quantitative estimate of drug-likeness (QED) is 0.647. The number of hydrogen-bond acceptors (Lipinski definition) is 5. The van der Waals surface area contributed by atoms with Gasteiger partial charge in [-0.25, -0.2) is 0 Å². The van der Waals surface area contributed by atoms with Gasteiger partial charge in [0.15, 0.2) is 6.61 Å². The van der Waals surface area contributed by atoms with Crippen LogP contribution in [0.5, 0.6) is 5.75 Å². The summed E-state index contributed by atoms with van der Waals surface area (Å²) in [4.78, 5) is 18.3. The maximum Gasteiger partial charge on any atom is 0.260 e. The van der Waals surface area contributed by atoms with Crippen LogP contribution in [0.25, 0.3) is 11.4 Å². The van der Waals surface area contributed by atoms with E-state index < -0.39 is 0 Å². The Morgan fingerprint density at radius 1 is 1.11 bits per heavy atom. The lowest BCUT2D eigenvalue weighted by Crippen LogP contribution is -2.31. The van der Waals surface area contributed by atoms with Crippen LogP contribution in [0, 0.1) is 27.7 Å². The molecule has 3 rings (SSSR count). The summed E-state index contributed by atoms with van der Waals surface area (Å²) in [7, 11) is 1.69. The summed E-state index contributed by atoms with van der Waals surface area (Å²) in [6.45, 7) is 8.23. The van der Waals surface area contributed by atoms with Crippen molar-refractivity contribution in [3.05, 3.63) is 64.5 Å². The van der Waals surface area contributed by atoms with Gasteiger partial charge in [-0.3, -0.25) is 4.79 Å². The van der Waals surface area contributed by atoms with Gasteiger partial charge in [-0.15, -0.1) is 0 Å². The van der Waals surface area contributed by atoms with E-state index >= 15 is 0 Å². The molecule has 0 aliphatic heterocycles. The molecule has 0 saturated carbocycles. The van der Waals surface area contributed by atoms with Crippen molar-refractivity contribution in [3.8, 4) is 17.1 Å². The third-order valence-corrected chi connectivity index (χ3v) is 4.66. The Morgan fingerprint density at radius 2 is 1.89 bits per heavy atom. The fourth-order valence-electron chi connectivity index (χ4n) is 2.91. The molecule has 0 fully saturated rings. The van der Waals surface area contributed by atoms with Crippen molar-refractivity contribution in [1.82, 2.24) is 15.0 Å². The Kier molecular flexibility index (Phi) is 5.78. The molecule has 6 nitrogen and oxygen atoms in total. The molecule has 0 spiro atoms. The van der Waals surface area contributed by atoms with Crippen molar-refractivity contribution < 1.29 is 14.1 Å². The van der Waals surface area contributed by atoms with Crippen LogP contribution >= 0.6 is 0 Å². The highest BCUT2D eigenvalue weighted by Crippen LogP contribution is 2.23. The molecule has 0 saturated heterocycles. The molecular formula is C22H25N3O3. The number of carbonyl (C=O) groups is 1. The number of aromatic nitrogens is 2. The van der Waals surface area contributed by atoms with Gasteiger partial charge in [-0.2, -0.15) is 4.98 Å².